The Hall–Kier alpha value is -1.75. The number of rotatable bonds is 5. The number of nitrogen functional groups attached to an aromatic ring is 1. The maximum atomic E-state index is 11.8. The molecule has 1 rings (SSSR count). The van der Waals surface area contributed by atoms with Crippen LogP contribution in [0, 0.1) is 0 Å². The third kappa shape index (κ3) is 5.18. The van der Waals surface area contributed by atoms with Crippen LogP contribution in [-0.4, -0.2) is 24.4 Å². The molecule has 4 N–H and O–H groups in total. The average Bonchev–Trinajstić information content (AvgIpc) is 2.27. The molecule has 1 aromatic carbocycles. The summed E-state index contributed by atoms with van der Waals surface area (Å²) in [5.74, 6) is -0.411. The summed E-state index contributed by atoms with van der Waals surface area (Å²) in [5.41, 5.74) is 6.37. The molecule has 5 nitrogen and oxygen atoms in total. The minimum Gasteiger partial charge on any atom is -0.398 e. The highest BCUT2D eigenvalue weighted by Gasteiger charge is 2.10. The minimum absolute atomic E-state index is 0.0927. The largest absolute Gasteiger partial charge is 0.398 e. The van der Waals surface area contributed by atoms with Crippen LogP contribution < -0.4 is 16.4 Å². The van der Waals surface area contributed by atoms with E-state index in [0.29, 0.717) is 16.3 Å². The van der Waals surface area contributed by atoms with Crippen molar-refractivity contribution in [2.24, 2.45) is 0 Å². The van der Waals surface area contributed by atoms with Crippen LogP contribution in [0.5, 0.6) is 0 Å². The molecule has 2 amide bonds. The summed E-state index contributed by atoms with van der Waals surface area (Å²) >= 11 is 5.75. The van der Waals surface area contributed by atoms with Gasteiger partial charge in [0.2, 0.25) is 5.91 Å². The van der Waals surface area contributed by atoms with Crippen molar-refractivity contribution in [1.29, 1.82) is 0 Å². The maximum absolute atomic E-state index is 11.8. The molecule has 0 aliphatic heterocycles. The molecule has 0 radical (unpaired) electrons. The topological polar surface area (TPSA) is 84.2 Å². The summed E-state index contributed by atoms with van der Waals surface area (Å²) in [6.45, 7) is 4.02. The molecule has 0 heterocycles. The van der Waals surface area contributed by atoms with E-state index in [2.05, 4.69) is 10.6 Å². The van der Waals surface area contributed by atoms with Crippen LogP contribution in [0.1, 0.15) is 30.6 Å². The van der Waals surface area contributed by atoms with Crippen LogP contribution in [0.15, 0.2) is 18.2 Å². The summed E-state index contributed by atoms with van der Waals surface area (Å²) in [4.78, 5) is 23.2. The van der Waals surface area contributed by atoms with Crippen molar-refractivity contribution in [3.63, 3.8) is 0 Å². The fourth-order valence-corrected chi connectivity index (χ4v) is 1.70. The van der Waals surface area contributed by atoms with Gasteiger partial charge in [-0.1, -0.05) is 11.6 Å². The van der Waals surface area contributed by atoms with E-state index in [1.165, 1.54) is 6.07 Å². The zero-order valence-electron chi connectivity index (χ0n) is 11.0. The van der Waals surface area contributed by atoms with Gasteiger partial charge in [0.15, 0.2) is 0 Å². The minimum atomic E-state index is -0.313. The number of hydrogen-bond donors (Lipinski definition) is 3. The van der Waals surface area contributed by atoms with Crippen LogP contribution in [0.3, 0.4) is 0 Å². The summed E-state index contributed by atoms with van der Waals surface area (Å²) in [5, 5.41) is 5.86. The van der Waals surface area contributed by atoms with Gasteiger partial charge < -0.3 is 16.4 Å². The summed E-state index contributed by atoms with van der Waals surface area (Å²) in [7, 11) is 0. The van der Waals surface area contributed by atoms with Gasteiger partial charge in [-0.25, -0.2) is 0 Å². The number of anilines is 1. The first-order chi connectivity index (χ1) is 8.90. The Balaban J connectivity index is 2.45. The second kappa shape index (κ2) is 6.99. The van der Waals surface area contributed by atoms with Crippen molar-refractivity contribution >= 4 is 29.1 Å². The Morgan fingerprint density at radius 2 is 2.05 bits per heavy atom. The normalized spacial score (nSPS) is 10.3. The Bertz CT molecular complexity index is 475. The van der Waals surface area contributed by atoms with Crippen molar-refractivity contribution in [2.45, 2.75) is 26.3 Å². The fourth-order valence-electron chi connectivity index (χ4n) is 1.52. The third-order valence-electron chi connectivity index (χ3n) is 2.35. The van der Waals surface area contributed by atoms with Crippen LogP contribution >= 0.6 is 11.6 Å². The van der Waals surface area contributed by atoms with Gasteiger partial charge in [0, 0.05) is 29.7 Å². The number of nitrogens with two attached hydrogens (primary N) is 1. The van der Waals surface area contributed by atoms with Gasteiger partial charge in [0.05, 0.1) is 5.56 Å². The molecule has 0 aromatic heterocycles. The van der Waals surface area contributed by atoms with E-state index in [-0.39, 0.29) is 30.8 Å². The van der Waals surface area contributed by atoms with Crippen LogP contribution in [0.2, 0.25) is 5.02 Å². The predicted molar refractivity (Wildman–Crippen MR) is 76.1 cm³/mol. The number of halogens is 1. The smallest absolute Gasteiger partial charge is 0.253 e. The maximum Gasteiger partial charge on any atom is 0.253 e. The Labute approximate surface area is 117 Å². The summed E-state index contributed by atoms with van der Waals surface area (Å²) in [6.07, 6.45) is 0.234. The number of amides is 2. The first-order valence-electron chi connectivity index (χ1n) is 6.02. The van der Waals surface area contributed by atoms with Crippen molar-refractivity contribution in [2.75, 3.05) is 12.3 Å². The molecule has 0 fully saturated rings. The number of nitrogens with one attached hydrogen (secondary N) is 2. The van der Waals surface area contributed by atoms with Gasteiger partial charge in [-0.05, 0) is 32.0 Å². The first-order valence-corrected chi connectivity index (χ1v) is 6.40. The van der Waals surface area contributed by atoms with E-state index in [0.717, 1.165) is 0 Å². The molecule has 0 unspecified atom stereocenters. The molecule has 1 aromatic rings. The lowest BCUT2D eigenvalue weighted by Crippen LogP contribution is -2.34. The van der Waals surface area contributed by atoms with E-state index < -0.39 is 0 Å². The highest BCUT2D eigenvalue weighted by atomic mass is 35.5. The highest BCUT2D eigenvalue weighted by Crippen LogP contribution is 2.17. The van der Waals surface area contributed by atoms with Crippen molar-refractivity contribution in [3.05, 3.63) is 28.8 Å². The van der Waals surface area contributed by atoms with Crippen LogP contribution in [0.25, 0.3) is 0 Å². The molecular weight excluding hydrogens is 266 g/mol. The van der Waals surface area contributed by atoms with Crippen molar-refractivity contribution < 1.29 is 9.59 Å². The van der Waals surface area contributed by atoms with Gasteiger partial charge in [0.25, 0.3) is 5.91 Å². The van der Waals surface area contributed by atoms with E-state index in [1.807, 2.05) is 13.8 Å². The lowest BCUT2D eigenvalue weighted by atomic mass is 10.1. The number of carbonyl (C=O) groups excluding carboxylic acids is 2. The third-order valence-corrected chi connectivity index (χ3v) is 2.58. The van der Waals surface area contributed by atoms with E-state index in [1.54, 1.807) is 12.1 Å². The van der Waals surface area contributed by atoms with Gasteiger partial charge in [0.1, 0.15) is 0 Å². The monoisotopic (exact) mass is 283 g/mol. The summed E-state index contributed by atoms with van der Waals surface area (Å²) in [6, 6.07) is 4.76. The predicted octanol–water partition coefficient (Wildman–Crippen LogP) is 1.57. The highest BCUT2D eigenvalue weighted by molar-refractivity contribution is 6.31. The molecule has 104 valence electrons. The second-order valence-corrected chi connectivity index (χ2v) is 4.90. The van der Waals surface area contributed by atoms with Crippen LogP contribution in [0.4, 0.5) is 5.69 Å². The molecule has 0 spiro atoms. The molecule has 0 bridgehead atoms. The van der Waals surface area contributed by atoms with Crippen molar-refractivity contribution in [1.82, 2.24) is 10.6 Å². The van der Waals surface area contributed by atoms with Crippen LogP contribution in [-0.2, 0) is 4.79 Å². The Kier molecular flexibility index (Phi) is 5.63. The van der Waals surface area contributed by atoms with Crippen molar-refractivity contribution in [3.8, 4) is 0 Å². The van der Waals surface area contributed by atoms with E-state index in [9.17, 15) is 9.59 Å². The number of hydrogen-bond acceptors (Lipinski definition) is 3. The zero-order valence-corrected chi connectivity index (χ0v) is 11.8. The van der Waals surface area contributed by atoms with Gasteiger partial charge in [-0.3, -0.25) is 9.59 Å². The van der Waals surface area contributed by atoms with Gasteiger partial charge in [-0.15, -0.1) is 0 Å². The zero-order chi connectivity index (χ0) is 14.4. The number of benzene rings is 1. The average molecular weight is 284 g/mol. The van der Waals surface area contributed by atoms with E-state index in [4.69, 9.17) is 17.3 Å². The molecule has 0 saturated carbocycles. The van der Waals surface area contributed by atoms with Gasteiger partial charge in [-0.2, -0.15) is 0 Å². The molecular formula is C13H18ClN3O2. The Morgan fingerprint density at radius 3 is 2.63 bits per heavy atom. The molecule has 0 saturated heterocycles. The lowest BCUT2D eigenvalue weighted by molar-refractivity contribution is -0.121. The van der Waals surface area contributed by atoms with Gasteiger partial charge >= 0.3 is 0 Å². The number of carbonyl (C=O) groups is 2. The standard InChI is InChI=1S/C13H18ClN3O2/c1-8(2)17-12(18)5-6-16-13(19)10-4-3-9(14)7-11(10)15/h3-4,7-8H,5-6,15H2,1-2H3,(H,16,19)(H,17,18). The second-order valence-electron chi connectivity index (χ2n) is 4.46. The van der Waals surface area contributed by atoms with E-state index >= 15 is 0 Å². The molecule has 0 aliphatic rings. The summed E-state index contributed by atoms with van der Waals surface area (Å²) < 4.78 is 0. The molecule has 19 heavy (non-hydrogen) atoms. The molecule has 0 aliphatic carbocycles. The first kappa shape index (κ1) is 15.3. The SMILES string of the molecule is CC(C)NC(=O)CCNC(=O)c1ccc(Cl)cc1N. The molecule has 0 atom stereocenters. The lowest BCUT2D eigenvalue weighted by Gasteiger charge is -2.10. The fraction of sp³-hybridized carbons (Fsp3) is 0.385. The Morgan fingerprint density at radius 1 is 1.37 bits per heavy atom. The molecule has 6 heteroatoms. The quantitative estimate of drug-likeness (QED) is 0.717.